The van der Waals surface area contributed by atoms with Crippen LogP contribution in [0.4, 0.5) is 4.79 Å². The quantitative estimate of drug-likeness (QED) is 0.445. The molecular weight excluding hydrogens is 386 g/mol. The first-order valence-electron chi connectivity index (χ1n) is 10.7. The number of carbonyl (C=O) groups excluding carboxylic acids is 2. The van der Waals surface area contributed by atoms with Gasteiger partial charge in [0.15, 0.2) is 0 Å². The van der Waals surface area contributed by atoms with E-state index in [9.17, 15) is 9.59 Å². The zero-order valence-electron chi connectivity index (χ0n) is 18.4. The summed E-state index contributed by atoms with van der Waals surface area (Å²) in [7, 11) is 1.79. The molecule has 164 valence electrons. The average Bonchev–Trinajstić information content (AvgIpc) is 2.71. The number of hydrogen-bond donors (Lipinski definition) is 1. The topological polar surface area (TPSA) is 86.5 Å². The van der Waals surface area contributed by atoms with Gasteiger partial charge in [-0.05, 0) is 44.9 Å². The third-order valence-corrected chi connectivity index (χ3v) is 5.76. The second-order valence-corrected chi connectivity index (χ2v) is 8.45. The van der Waals surface area contributed by atoms with E-state index < -0.39 is 0 Å². The Kier molecular flexibility index (Phi) is 13.3. The predicted molar refractivity (Wildman–Crippen MR) is 125 cm³/mol. The van der Waals surface area contributed by atoms with Crippen molar-refractivity contribution in [1.29, 1.82) is 0 Å². The third-order valence-electron chi connectivity index (χ3n) is 4.78. The highest BCUT2D eigenvalue weighted by atomic mass is 32.2. The van der Waals surface area contributed by atoms with Crippen LogP contribution in [-0.4, -0.2) is 66.4 Å². The Balaban J connectivity index is 2.26. The molecule has 0 bridgehead atoms. The van der Waals surface area contributed by atoms with E-state index in [1.165, 1.54) is 11.8 Å². The number of urea groups is 1. The first-order chi connectivity index (χ1) is 14.0. The van der Waals surface area contributed by atoms with Crippen molar-refractivity contribution in [3.63, 3.8) is 0 Å². The molecule has 2 amide bonds. The molecule has 8 heteroatoms. The van der Waals surface area contributed by atoms with E-state index in [0.29, 0.717) is 29.7 Å². The molecule has 7 nitrogen and oxygen atoms in total. The highest BCUT2D eigenvalue weighted by Crippen LogP contribution is 2.20. The van der Waals surface area contributed by atoms with Crippen molar-refractivity contribution in [1.82, 2.24) is 10.2 Å². The highest BCUT2D eigenvalue weighted by molar-refractivity contribution is 8.14. The van der Waals surface area contributed by atoms with Crippen molar-refractivity contribution in [2.75, 3.05) is 32.4 Å². The summed E-state index contributed by atoms with van der Waals surface area (Å²) in [5.41, 5.74) is 0. The van der Waals surface area contributed by atoms with Gasteiger partial charge in [0.2, 0.25) is 5.96 Å². The van der Waals surface area contributed by atoms with Gasteiger partial charge >= 0.3 is 6.03 Å². The number of nitrogens with one attached hydrogen (secondary N) is 1. The predicted octanol–water partition coefficient (Wildman–Crippen LogP) is 4.18. The van der Waals surface area contributed by atoms with E-state index in [1.807, 2.05) is 13.1 Å². The van der Waals surface area contributed by atoms with Gasteiger partial charge in [0.05, 0.1) is 10.8 Å². The Morgan fingerprint density at radius 3 is 2.55 bits per heavy atom. The fourth-order valence-corrected chi connectivity index (χ4v) is 3.77. The summed E-state index contributed by atoms with van der Waals surface area (Å²) >= 11 is 1.34. The van der Waals surface area contributed by atoms with Gasteiger partial charge in [-0.15, -0.1) is 11.8 Å². The number of aliphatic imine (C=N–C) groups is 3. The fourth-order valence-electron chi connectivity index (χ4n) is 3.11. The molecule has 1 rings (SSSR count). The number of thioether (sulfide) groups is 1. The van der Waals surface area contributed by atoms with Crippen LogP contribution in [0, 0.1) is 5.92 Å². The number of ketones is 1. The van der Waals surface area contributed by atoms with Crippen molar-refractivity contribution < 1.29 is 9.59 Å². The number of nitrogens with zero attached hydrogens (tertiary/aromatic N) is 4. The largest absolute Gasteiger partial charge is 0.341 e. The lowest BCUT2D eigenvalue weighted by Crippen LogP contribution is -2.38. The van der Waals surface area contributed by atoms with Crippen LogP contribution in [0.5, 0.6) is 0 Å². The van der Waals surface area contributed by atoms with E-state index in [0.717, 1.165) is 57.6 Å². The first kappa shape index (κ1) is 25.3. The maximum atomic E-state index is 11.9. The number of hydrogen-bond acceptors (Lipinski definition) is 4. The fraction of sp³-hybridized carbons (Fsp3) is 0.762. The van der Waals surface area contributed by atoms with Crippen LogP contribution >= 0.6 is 11.8 Å². The molecule has 29 heavy (non-hydrogen) atoms. The Hall–Kier alpha value is -1.70. The zero-order chi connectivity index (χ0) is 21.5. The number of amides is 2. The van der Waals surface area contributed by atoms with Crippen molar-refractivity contribution in [2.45, 2.75) is 65.7 Å². The van der Waals surface area contributed by atoms with Gasteiger partial charge in [-0.1, -0.05) is 20.3 Å². The molecule has 1 aliphatic rings. The van der Waals surface area contributed by atoms with Crippen LogP contribution in [-0.2, 0) is 4.79 Å². The second kappa shape index (κ2) is 15.2. The number of unbranched alkanes of at least 4 members (excludes halogenated alkanes) is 1. The summed E-state index contributed by atoms with van der Waals surface area (Å²) in [6, 6.07) is -0.318. The molecule has 0 saturated carbocycles. The van der Waals surface area contributed by atoms with E-state index in [2.05, 4.69) is 32.1 Å². The molecule has 0 atom stereocenters. The number of likely N-dealkylation sites (tertiary alicyclic amines) is 1. The number of rotatable bonds is 9. The monoisotopic (exact) mass is 423 g/mol. The molecule has 0 unspecified atom stereocenters. The minimum atomic E-state index is -0.318. The van der Waals surface area contributed by atoms with E-state index in [1.54, 1.807) is 14.0 Å². The Bertz CT molecular complexity index is 596. The summed E-state index contributed by atoms with van der Waals surface area (Å²) in [6.45, 7) is 8.43. The second-order valence-electron chi connectivity index (χ2n) is 7.28. The Morgan fingerprint density at radius 1 is 1.21 bits per heavy atom. The van der Waals surface area contributed by atoms with E-state index in [-0.39, 0.29) is 11.8 Å². The molecule has 1 fully saturated rings. The zero-order valence-corrected chi connectivity index (χ0v) is 19.3. The van der Waals surface area contributed by atoms with Gasteiger partial charge in [0, 0.05) is 39.3 Å². The van der Waals surface area contributed by atoms with Gasteiger partial charge < -0.3 is 10.2 Å². The summed E-state index contributed by atoms with van der Waals surface area (Å²) in [6.07, 6.45) is 8.57. The van der Waals surface area contributed by atoms with Crippen LogP contribution in [0.3, 0.4) is 0 Å². The van der Waals surface area contributed by atoms with Crippen LogP contribution in [0.25, 0.3) is 0 Å². The summed E-state index contributed by atoms with van der Waals surface area (Å²) in [5.74, 6) is 2.01. The van der Waals surface area contributed by atoms with Crippen LogP contribution in [0.2, 0.25) is 0 Å². The molecule has 1 aliphatic heterocycles. The molecule has 0 radical (unpaired) electrons. The highest BCUT2D eigenvalue weighted by Gasteiger charge is 2.21. The van der Waals surface area contributed by atoms with Crippen molar-refractivity contribution >= 4 is 40.8 Å². The number of carbonyl (C=O) groups is 2. The lowest BCUT2D eigenvalue weighted by atomic mass is 9.94. The summed E-state index contributed by atoms with van der Waals surface area (Å²) < 4.78 is 0. The smallest absolute Gasteiger partial charge is 0.341 e. The molecule has 1 saturated heterocycles. The van der Waals surface area contributed by atoms with Crippen molar-refractivity contribution in [3.05, 3.63) is 0 Å². The van der Waals surface area contributed by atoms with Gasteiger partial charge in [-0.25, -0.2) is 9.79 Å². The van der Waals surface area contributed by atoms with E-state index in [4.69, 9.17) is 0 Å². The van der Waals surface area contributed by atoms with Crippen molar-refractivity contribution in [2.24, 2.45) is 20.9 Å². The van der Waals surface area contributed by atoms with Crippen molar-refractivity contribution in [3.8, 4) is 0 Å². The van der Waals surface area contributed by atoms with Crippen LogP contribution in [0.15, 0.2) is 15.0 Å². The van der Waals surface area contributed by atoms with Crippen LogP contribution < -0.4 is 5.32 Å². The molecule has 1 heterocycles. The third kappa shape index (κ3) is 11.2. The van der Waals surface area contributed by atoms with Crippen LogP contribution in [0.1, 0.15) is 65.7 Å². The summed E-state index contributed by atoms with van der Waals surface area (Å²) in [5, 5.41) is 3.50. The molecule has 1 N–H and O–H groups in total. The number of guanidine groups is 1. The minimum absolute atomic E-state index is 0.200. The van der Waals surface area contributed by atoms with Gasteiger partial charge in [0.1, 0.15) is 5.78 Å². The maximum absolute atomic E-state index is 11.9. The standard InChI is InChI=1S/C21H37N5O2S/c1-5-7-12-23-20(22-4)26-14-10-18(11-15-26)9-13-24-21(28)25-17(3)29-16-19(27)8-6-2/h12,18H,5-11,13-16H2,1-4H3,(H,24,28)/b22-20?,23-12-,25-17-. The Morgan fingerprint density at radius 2 is 1.93 bits per heavy atom. The molecule has 0 spiro atoms. The maximum Gasteiger partial charge on any atom is 0.341 e. The van der Waals surface area contributed by atoms with Gasteiger partial charge in [-0.3, -0.25) is 9.79 Å². The number of piperidine rings is 1. The van der Waals surface area contributed by atoms with E-state index >= 15 is 0 Å². The molecule has 0 aromatic rings. The van der Waals surface area contributed by atoms with Gasteiger partial charge in [0.25, 0.3) is 0 Å². The minimum Gasteiger partial charge on any atom is -0.341 e. The lowest BCUT2D eigenvalue weighted by molar-refractivity contribution is -0.116. The Labute approximate surface area is 179 Å². The number of Topliss-reactive ketones (excluding diaryl/α,β-unsaturated/α-hetero) is 1. The average molecular weight is 424 g/mol. The molecule has 0 aromatic heterocycles. The van der Waals surface area contributed by atoms with Gasteiger partial charge in [-0.2, -0.15) is 4.99 Å². The molecule has 0 aromatic carbocycles. The first-order valence-corrected chi connectivity index (χ1v) is 11.7. The SMILES string of the molecule is CCC/C=N\C(=NC)N1CCC(CCNC(=O)/N=C(/C)SCC(=O)CCC)CC1. The lowest BCUT2D eigenvalue weighted by Gasteiger charge is -2.32. The molecular formula is C21H37N5O2S. The molecule has 0 aliphatic carbocycles. The normalized spacial score (nSPS) is 16.5. The summed E-state index contributed by atoms with van der Waals surface area (Å²) in [4.78, 5) is 38.5.